The summed E-state index contributed by atoms with van der Waals surface area (Å²) < 4.78 is 28.7. The molecule has 1 heterocycles. The van der Waals surface area contributed by atoms with Gasteiger partial charge in [-0.15, -0.1) is 0 Å². The minimum atomic E-state index is -3.46. The molecule has 0 saturated carbocycles. The summed E-state index contributed by atoms with van der Waals surface area (Å²) in [6.07, 6.45) is 2.94. The average molecular weight is 411 g/mol. The summed E-state index contributed by atoms with van der Waals surface area (Å²) in [5, 5.41) is 0. The van der Waals surface area contributed by atoms with Gasteiger partial charge >= 0.3 is 0 Å². The van der Waals surface area contributed by atoms with Crippen molar-refractivity contribution in [2.75, 3.05) is 0 Å². The van der Waals surface area contributed by atoms with Crippen molar-refractivity contribution in [2.45, 2.75) is 50.1 Å². The van der Waals surface area contributed by atoms with Crippen LogP contribution in [-0.4, -0.2) is 24.8 Å². The Balaban J connectivity index is 2.49. The van der Waals surface area contributed by atoms with Crippen molar-refractivity contribution in [1.29, 1.82) is 0 Å². The average Bonchev–Trinajstić information content (AvgIpc) is 2.31. The minimum absolute atomic E-state index is 0.0552. The van der Waals surface area contributed by atoms with E-state index in [1.54, 1.807) is 16.4 Å². The number of hydrogen-bond acceptors (Lipinski definition) is 2. The van der Waals surface area contributed by atoms with E-state index < -0.39 is 10.0 Å². The van der Waals surface area contributed by atoms with Crippen molar-refractivity contribution < 1.29 is 8.42 Å². The highest BCUT2D eigenvalue weighted by Crippen LogP contribution is 2.33. The molecule has 1 aliphatic heterocycles. The molecule has 0 spiro atoms. The molecule has 1 aromatic rings. The van der Waals surface area contributed by atoms with Gasteiger partial charge in [0.2, 0.25) is 10.0 Å². The van der Waals surface area contributed by atoms with Crippen LogP contribution >= 0.6 is 31.9 Å². The van der Waals surface area contributed by atoms with Crippen LogP contribution < -0.4 is 0 Å². The second kappa shape index (κ2) is 5.84. The van der Waals surface area contributed by atoms with Crippen LogP contribution in [0.15, 0.2) is 32.0 Å². The molecule has 2 rings (SSSR count). The summed E-state index contributed by atoms with van der Waals surface area (Å²) >= 11 is 6.69. The third kappa shape index (κ3) is 3.06. The predicted octanol–water partition coefficient (Wildman–Crippen LogP) is 4.16. The molecule has 1 aromatic carbocycles. The minimum Gasteiger partial charge on any atom is -0.207 e. The van der Waals surface area contributed by atoms with Crippen molar-refractivity contribution in [3.05, 3.63) is 27.1 Å². The Kier molecular flexibility index (Phi) is 4.75. The fraction of sp³-hybridized carbons (Fsp3) is 0.538. The Hall–Kier alpha value is 0.0900. The number of benzene rings is 1. The molecule has 3 nitrogen and oxygen atoms in total. The molecule has 0 radical (unpaired) electrons. The van der Waals surface area contributed by atoms with Gasteiger partial charge in [-0.1, -0.05) is 22.4 Å². The first kappa shape index (κ1) is 15.5. The number of nitrogens with zero attached hydrogens (tertiary/aromatic N) is 1. The Morgan fingerprint density at radius 3 is 2.32 bits per heavy atom. The van der Waals surface area contributed by atoms with E-state index in [0.29, 0.717) is 9.37 Å². The van der Waals surface area contributed by atoms with Crippen LogP contribution in [0.25, 0.3) is 0 Å². The lowest BCUT2D eigenvalue weighted by molar-refractivity contribution is 0.204. The normalized spacial score (nSPS) is 25.5. The fourth-order valence-electron chi connectivity index (χ4n) is 2.66. The van der Waals surface area contributed by atoms with Gasteiger partial charge in [0.25, 0.3) is 0 Å². The Morgan fingerprint density at radius 1 is 1.16 bits per heavy atom. The van der Waals surface area contributed by atoms with Crippen molar-refractivity contribution in [1.82, 2.24) is 4.31 Å². The summed E-state index contributed by atoms with van der Waals surface area (Å²) in [5.41, 5.74) is 0. The second-order valence-corrected chi connectivity index (χ2v) is 8.62. The molecule has 0 unspecified atom stereocenters. The number of sulfonamides is 1. The molecule has 0 aromatic heterocycles. The molecule has 0 bridgehead atoms. The van der Waals surface area contributed by atoms with Crippen molar-refractivity contribution in [2.24, 2.45) is 0 Å². The topological polar surface area (TPSA) is 37.4 Å². The molecule has 106 valence electrons. The predicted molar refractivity (Wildman–Crippen MR) is 83.6 cm³/mol. The third-order valence-electron chi connectivity index (χ3n) is 3.56. The van der Waals surface area contributed by atoms with Crippen LogP contribution in [0.3, 0.4) is 0 Å². The molecular formula is C13H17Br2NO2S. The highest BCUT2D eigenvalue weighted by Gasteiger charge is 2.36. The van der Waals surface area contributed by atoms with Crippen molar-refractivity contribution in [3.8, 4) is 0 Å². The van der Waals surface area contributed by atoms with Crippen molar-refractivity contribution >= 4 is 41.9 Å². The monoisotopic (exact) mass is 409 g/mol. The van der Waals surface area contributed by atoms with Crippen LogP contribution in [-0.2, 0) is 10.0 Å². The number of piperidine rings is 1. The summed E-state index contributed by atoms with van der Waals surface area (Å²) in [6, 6.07) is 5.36. The quantitative estimate of drug-likeness (QED) is 0.733. The van der Waals surface area contributed by atoms with E-state index in [1.807, 2.05) is 19.9 Å². The maximum absolute atomic E-state index is 12.9. The van der Waals surface area contributed by atoms with Gasteiger partial charge in [-0.25, -0.2) is 8.42 Å². The lowest BCUT2D eigenvalue weighted by Crippen LogP contribution is -2.47. The van der Waals surface area contributed by atoms with Gasteiger partial charge in [0, 0.05) is 21.0 Å². The van der Waals surface area contributed by atoms with Gasteiger partial charge in [-0.2, -0.15) is 4.31 Å². The first-order chi connectivity index (χ1) is 8.84. The SMILES string of the molecule is C[C@@H]1CCC[C@H](C)N1S(=O)(=O)c1cc(Br)ccc1Br. The lowest BCUT2D eigenvalue weighted by Gasteiger charge is -2.37. The van der Waals surface area contributed by atoms with E-state index in [2.05, 4.69) is 31.9 Å². The van der Waals surface area contributed by atoms with Crippen molar-refractivity contribution in [3.63, 3.8) is 0 Å². The van der Waals surface area contributed by atoms with E-state index in [0.717, 1.165) is 23.7 Å². The summed E-state index contributed by atoms with van der Waals surface area (Å²) in [7, 11) is -3.46. The first-order valence-electron chi connectivity index (χ1n) is 6.32. The molecule has 0 aliphatic carbocycles. The molecular weight excluding hydrogens is 394 g/mol. The molecule has 2 atom stereocenters. The van der Waals surface area contributed by atoms with E-state index >= 15 is 0 Å². The largest absolute Gasteiger partial charge is 0.244 e. The van der Waals surface area contributed by atoms with Gasteiger partial charge in [0.1, 0.15) is 0 Å². The Bertz CT molecular complexity index is 564. The molecule has 1 saturated heterocycles. The maximum Gasteiger partial charge on any atom is 0.244 e. The summed E-state index contributed by atoms with van der Waals surface area (Å²) in [5.74, 6) is 0. The highest BCUT2D eigenvalue weighted by molar-refractivity contribution is 9.11. The summed E-state index contributed by atoms with van der Waals surface area (Å²) in [6.45, 7) is 3.97. The smallest absolute Gasteiger partial charge is 0.207 e. The fourth-order valence-corrected chi connectivity index (χ4v) is 6.01. The first-order valence-corrected chi connectivity index (χ1v) is 9.35. The Morgan fingerprint density at radius 2 is 1.74 bits per heavy atom. The van der Waals surface area contributed by atoms with Gasteiger partial charge in [0.15, 0.2) is 0 Å². The number of rotatable bonds is 2. The van der Waals surface area contributed by atoms with Crippen LogP contribution in [0.4, 0.5) is 0 Å². The van der Waals surface area contributed by atoms with E-state index in [4.69, 9.17) is 0 Å². The third-order valence-corrected chi connectivity index (χ3v) is 7.18. The van der Waals surface area contributed by atoms with Crippen LogP contribution in [0.5, 0.6) is 0 Å². The lowest BCUT2D eigenvalue weighted by atomic mass is 10.0. The standard InChI is InChI=1S/C13H17Br2NO2S/c1-9-4-3-5-10(2)16(9)19(17,18)13-8-11(14)6-7-12(13)15/h6-10H,3-5H2,1-2H3/t9-,10+. The van der Waals surface area contributed by atoms with Crippen LogP contribution in [0.2, 0.25) is 0 Å². The molecule has 19 heavy (non-hydrogen) atoms. The van der Waals surface area contributed by atoms with Gasteiger partial charge < -0.3 is 0 Å². The van der Waals surface area contributed by atoms with Gasteiger partial charge in [0.05, 0.1) is 4.90 Å². The maximum atomic E-state index is 12.9. The van der Waals surface area contributed by atoms with Crippen LogP contribution in [0, 0.1) is 0 Å². The Labute approximate surface area is 131 Å². The molecule has 1 aliphatic rings. The van der Waals surface area contributed by atoms with E-state index in [1.165, 1.54) is 0 Å². The molecule has 0 N–H and O–H groups in total. The highest BCUT2D eigenvalue weighted by atomic mass is 79.9. The molecule has 1 fully saturated rings. The van der Waals surface area contributed by atoms with Gasteiger partial charge in [-0.3, -0.25) is 0 Å². The van der Waals surface area contributed by atoms with E-state index in [9.17, 15) is 8.42 Å². The zero-order chi connectivity index (χ0) is 14.2. The summed E-state index contributed by atoms with van der Waals surface area (Å²) in [4.78, 5) is 0.336. The molecule has 0 amide bonds. The zero-order valence-electron chi connectivity index (χ0n) is 10.9. The molecule has 6 heteroatoms. The van der Waals surface area contributed by atoms with Gasteiger partial charge in [-0.05, 0) is 60.8 Å². The van der Waals surface area contributed by atoms with Crippen LogP contribution in [0.1, 0.15) is 33.1 Å². The van der Waals surface area contributed by atoms with E-state index in [-0.39, 0.29) is 12.1 Å². The zero-order valence-corrected chi connectivity index (χ0v) is 14.9. The second-order valence-electron chi connectivity index (χ2n) is 5.04. The number of halogens is 2. The number of hydrogen-bond donors (Lipinski definition) is 0.